The van der Waals surface area contributed by atoms with Gasteiger partial charge in [-0.2, -0.15) is 0 Å². The van der Waals surface area contributed by atoms with Crippen molar-refractivity contribution in [2.24, 2.45) is 0 Å². The van der Waals surface area contributed by atoms with Crippen LogP contribution >= 0.6 is 0 Å². The van der Waals surface area contributed by atoms with Crippen molar-refractivity contribution < 1.29 is 19.1 Å². The first-order chi connectivity index (χ1) is 16.6. The highest BCUT2D eigenvalue weighted by molar-refractivity contribution is 5.95. The molecule has 0 saturated carbocycles. The molecule has 2 N–H and O–H groups in total. The van der Waals surface area contributed by atoms with Gasteiger partial charge < -0.3 is 15.4 Å². The van der Waals surface area contributed by atoms with E-state index in [9.17, 15) is 14.4 Å². The zero-order valence-electron chi connectivity index (χ0n) is 19.2. The van der Waals surface area contributed by atoms with E-state index in [4.69, 9.17) is 4.74 Å². The molecule has 0 bridgehead atoms. The lowest BCUT2D eigenvalue weighted by Gasteiger charge is -2.09. The van der Waals surface area contributed by atoms with E-state index in [1.807, 2.05) is 60.7 Å². The summed E-state index contributed by atoms with van der Waals surface area (Å²) >= 11 is 0. The Morgan fingerprint density at radius 2 is 1.18 bits per heavy atom. The van der Waals surface area contributed by atoms with E-state index < -0.39 is 0 Å². The summed E-state index contributed by atoms with van der Waals surface area (Å²) in [6.07, 6.45) is 2.66. The maximum Gasteiger partial charge on any atom is 0.306 e. The van der Waals surface area contributed by atoms with Gasteiger partial charge in [0.2, 0.25) is 11.8 Å². The molecule has 0 spiro atoms. The molecule has 0 radical (unpaired) electrons. The lowest BCUT2D eigenvalue weighted by molar-refractivity contribution is -0.144. The monoisotopic (exact) mass is 458 g/mol. The first-order valence-corrected chi connectivity index (χ1v) is 11.5. The van der Waals surface area contributed by atoms with Crippen LogP contribution in [0.5, 0.6) is 0 Å². The highest BCUT2D eigenvalue weighted by Crippen LogP contribution is 2.16. The van der Waals surface area contributed by atoms with E-state index in [-0.39, 0.29) is 30.6 Å². The van der Waals surface area contributed by atoms with Gasteiger partial charge in [-0.25, -0.2) is 0 Å². The third-order valence-corrected chi connectivity index (χ3v) is 5.19. The zero-order valence-corrected chi connectivity index (χ0v) is 19.2. The molecule has 0 aliphatic rings. The van der Waals surface area contributed by atoms with Crippen molar-refractivity contribution in [2.75, 3.05) is 17.2 Å². The topological polar surface area (TPSA) is 84.5 Å². The molecule has 34 heavy (non-hydrogen) atoms. The molecule has 6 heteroatoms. The minimum atomic E-state index is -0.386. The van der Waals surface area contributed by atoms with Gasteiger partial charge in [-0.05, 0) is 48.6 Å². The predicted octanol–water partition coefficient (Wildman–Crippen LogP) is 5.15. The zero-order chi connectivity index (χ0) is 24.0. The van der Waals surface area contributed by atoms with Crippen LogP contribution in [0.2, 0.25) is 0 Å². The molecule has 6 nitrogen and oxygen atoms in total. The number of amides is 2. The summed E-state index contributed by atoms with van der Waals surface area (Å²) < 4.78 is 5.22. The van der Waals surface area contributed by atoms with Crippen LogP contribution in [-0.4, -0.2) is 24.4 Å². The van der Waals surface area contributed by atoms with Crippen molar-refractivity contribution in [1.29, 1.82) is 0 Å². The van der Waals surface area contributed by atoms with Crippen molar-refractivity contribution in [1.82, 2.24) is 0 Å². The Morgan fingerprint density at radius 1 is 0.618 bits per heavy atom. The number of ether oxygens (including phenoxy) is 1. The van der Waals surface area contributed by atoms with Crippen LogP contribution in [0.3, 0.4) is 0 Å². The molecular weight excluding hydrogens is 428 g/mol. The normalized spacial score (nSPS) is 10.4. The van der Waals surface area contributed by atoms with E-state index >= 15 is 0 Å². The fourth-order valence-electron chi connectivity index (χ4n) is 3.42. The van der Waals surface area contributed by atoms with E-state index in [1.54, 1.807) is 24.3 Å². The molecule has 0 aliphatic carbocycles. The average Bonchev–Trinajstić information content (AvgIpc) is 2.86. The molecule has 0 heterocycles. The van der Waals surface area contributed by atoms with Crippen molar-refractivity contribution in [3.63, 3.8) is 0 Å². The minimum Gasteiger partial charge on any atom is -0.466 e. The summed E-state index contributed by atoms with van der Waals surface area (Å²) in [6, 6.07) is 26.8. The summed E-state index contributed by atoms with van der Waals surface area (Å²) in [4.78, 5) is 36.4. The molecule has 0 unspecified atom stereocenters. The summed E-state index contributed by atoms with van der Waals surface area (Å²) in [7, 11) is 0. The molecule has 0 aromatic heterocycles. The number of anilines is 2. The number of hydrogen-bond acceptors (Lipinski definition) is 4. The van der Waals surface area contributed by atoms with Gasteiger partial charge in [0, 0.05) is 24.2 Å². The molecular formula is C28H30N2O4. The van der Waals surface area contributed by atoms with Gasteiger partial charge in [-0.15, -0.1) is 0 Å². The van der Waals surface area contributed by atoms with E-state index in [2.05, 4.69) is 10.6 Å². The number of aryl methyl sites for hydroxylation is 2. The van der Waals surface area contributed by atoms with Gasteiger partial charge in [-0.1, -0.05) is 66.7 Å². The van der Waals surface area contributed by atoms with Gasteiger partial charge in [0.15, 0.2) is 0 Å². The summed E-state index contributed by atoms with van der Waals surface area (Å²) in [5.41, 5.74) is 3.47. The lowest BCUT2D eigenvalue weighted by atomic mass is 10.1. The van der Waals surface area contributed by atoms with Crippen LogP contribution in [0, 0.1) is 0 Å². The van der Waals surface area contributed by atoms with Crippen LogP contribution in [0.25, 0.3) is 0 Å². The first-order valence-electron chi connectivity index (χ1n) is 11.5. The lowest BCUT2D eigenvalue weighted by Crippen LogP contribution is -2.16. The van der Waals surface area contributed by atoms with Gasteiger partial charge in [0.05, 0.1) is 13.0 Å². The SMILES string of the molecule is O=C(CCC(=O)OCCCc1ccccc1)Nc1cccc(NC(=O)CCc2ccccc2)c1. The Morgan fingerprint density at radius 3 is 1.79 bits per heavy atom. The Kier molecular flexibility index (Phi) is 9.87. The number of carbonyl (C=O) groups is 3. The third-order valence-electron chi connectivity index (χ3n) is 5.19. The fourth-order valence-corrected chi connectivity index (χ4v) is 3.42. The molecule has 2 amide bonds. The number of rotatable bonds is 12. The largest absolute Gasteiger partial charge is 0.466 e. The Bertz CT molecular complexity index is 1070. The van der Waals surface area contributed by atoms with Gasteiger partial charge >= 0.3 is 5.97 Å². The Hall–Kier alpha value is -3.93. The maximum absolute atomic E-state index is 12.2. The fraction of sp³-hybridized carbons (Fsp3) is 0.250. The second-order valence-corrected chi connectivity index (χ2v) is 7.97. The van der Waals surface area contributed by atoms with Crippen LogP contribution in [0.1, 0.15) is 36.8 Å². The molecule has 0 aliphatic heterocycles. The van der Waals surface area contributed by atoms with E-state index in [0.717, 1.165) is 18.4 Å². The molecule has 0 atom stereocenters. The number of benzene rings is 3. The molecule has 176 valence electrons. The molecule has 3 aromatic rings. The van der Waals surface area contributed by atoms with Gasteiger partial charge in [0.1, 0.15) is 0 Å². The number of carbonyl (C=O) groups excluding carboxylic acids is 3. The highest BCUT2D eigenvalue weighted by atomic mass is 16.5. The summed E-state index contributed by atoms with van der Waals surface area (Å²) in [6.45, 7) is 0.335. The molecule has 0 saturated heterocycles. The van der Waals surface area contributed by atoms with Crippen LogP contribution in [0.15, 0.2) is 84.9 Å². The van der Waals surface area contributed by atoms with Crippen molar-refractivity contribution in [3.05, 3.63) is 96.1 Å². The number of esters is 1. The molecule has 3 aromatic carbocycles. The average molecular weight is 459 g/mol. The quantitative estimate of drug-likeness (QED) is 0.290. The number of nitrogens with one attached hydrogen (secondary N) is 2. The minimum absolute atomic E-state index is 0.0209. The van der Waals surface area contributed by atoms with Crippen LogP contribution in [-0.2, 0) is 32.0 Å². The Balaban J connectivity index is 1.33. The van der Waals surface area contributed by atoms with Crippen LogP contribution < -0.4 is 10.6 Å². The van der Waals surface area contributed by atoms with Crippen molar-refractivity contribution in [2.45, 2.75) is 38.5 Å². The van der Waals surface area contributed by atoms with Crippen molar-refractivity contribution in [3.8, 4) is 0 Å². The highest BCUT2D eigenvalue weighted by Gasteiger charge is 2.10. The second kappa shape index (κ2) is 13.6. The smallest absolute Gasteiger partial charge is 0.306 e. The van der Waals surface area contributed by atoms with Gasteiger partial charge in [-0.3, -0.25) is 14.4 Å². The summed E-state index contributed by atoms with van der Waals surface area (Å²) in [5.74, 6) is -0.765. The van der Waals surface area contributed by atoms with Crippen molar-refractivity contribution >= 4 is 29.2 Å². The van der Waals surface area contributed by atoms with E-state index in [0.29, 0.717) is 30.8 Å². The predicted molar refractivity (Wildman–Crippen MR) is 133 cm³/mol. The summed E-state index contributed by atoms with van der Waals surface area (Å²) in [5, 5.41) is 5.61. The van der Waals surface area contributed by atoms with Gasteiger partial charge in [0.25, 0.3) is 0 Å². The maximum atomic E-state index is 12.2. The molecule has 3 rings (SSSR count). The van der Waals surface area contributed by atoms with E-state index in [1.165, 1.54) is 5.56 Å². The first kappa shape index (κ1) is 24.7. The van der Waals surface area contributed by atoms with Crippen LogP contribution in [0.4, 0.5) is 11.4 Å². The third kappa shape index (κ3) is 9.28. The second-order valence-electron chi connectivity index (χ2n) is 7.97. The molecule has 0 fully saturated rings. The standard InChI is InChI=1S/C28H30N2O4/c31-26(17-16-23-11-5-2-6-12-23)29-24-14-7-15-25(21-24)30-27(32)18-19-28(33)34-20-8-13-22-9-3-1-4-10-22/h1-7,9-12,14-15,21H,8,13,16-20H2,(H,29,31)(H,30,32). The Labute approximate surface area is 200 Å². The number of hydrogen-bond donors (Lipinski definition) is 2.